The molecule has 1 atom stereocenters. The van der Waals surface area contributed by atoms with Crippen LogP contribution in [0.15, 0.2) is 12.1 Å². The van der Waals surface area contributed by atoms with Crippen molar-refractivity contribution >= 4 is 29.2 Å². The van der Waals surface area contributed by atoms with E-state index in [2.05, 4.69) is 5.32 Å². The number of halogens is 2. The SMILES string of the molecule is CCCCC(NCc1cc(Cl)c(OC)cc1Cl)C(=O)O. The summed E-state index contributed by atoms with van der Waals surface area (Å²) in [7, 11) is 1.51. The molecule has 0 radical (unpaired) electrons. The molecule has 1 aromatic carbocycles. The lowest BCUT2D eigenvalue weighted by atomic mass is 10.1. The minimum atomic E-state index is -0.853. The van der Waals surface area contributed by atoms with E-state index in [0.717, 1.165) is 18.4 Å². The van der Waals surface area contributed by atoms with Crippen molar-refractivity contribution in [2.24, 2.45) is 0 Å². The molecule has 20 heavy (non-hydrogen) atoms. The van der Waals surface area contributed by atoms with Gasteiger partial charge in [0.15, 0.2) is 0 Å². The molecule has 0 aliphatic carbocycles. The number of ether oxygens (including phenoxy) is 1. The zero-order chi connectivity index (χ0) is 15.1. The molecule has 0 aliphatic heterocycles. The zero-order valence-corrected chi connectivity index (χ0v) is 13.1. The highest BCUT2D eigenvalue weighted by Crippen LogP contribution is 2.30. The Labute approximate surface area is 129 Å². The standard InChI is InChI=1S/C14H19Cl2NO3/c1-3-4-5-12(14(18)19)17-8-9-6-11(16)13(20-2)7-10(9)15/h6-7,12,17H,3-5,8H2,1-2H3,(H,18,19). The third-order valence-corrected chi connectivity index (χ3v) is 3.65. The predicted octanol–water partition coefficient (Wildman–Crippen LogP) is 3.74. The van der Waals surface area contributed by atoms with Crippen LogP contribution in [-0.4, -0.2) is 24.2 Å². The zero-order valence-electron chi connectivity index (χ0n) is 11.6. The molecule has 1 rings (SSSR count). The summed E-state index contributed by atoms with van der Waals surface area (Å²) in [5.41, 5.74) is 0.750. The summed E-state index contributed by atoms with van der Waals surface area (Å²) in [5, 5.41) is 13.1. The maximum atomic E-state index is 11.1. The third-order valence-electron chi connectivity index (χ3n) is 3.00. The molecule has 6 heteroatoms. The molecule has 0 heterocycles. The number of hydrogen-bond acceptors (Lipinski definition) is 3. The number of benzene rings is 1. The fourth-order valence-corrected chi connectivity index (χ4v) is 2.30. The highest BCUT2D eigenvalue weighted by Gasteiger charge is 2.17. The van der Waals surface area contributed by atoms with Crippen LogP contribution in [0.1, 0.15) is 31.7 Å². The highest BCUT2D eigenvalue weighted by molar-refractivity contribution is 6.34. The Morgan fingerprint density at radius 3 is 2.65 bits per heavy atom. The van der Waals surface area contributed by atoms with Crippen molar-refractivity contribution in [3.8, 4) is 5.75 Å². The normalized spacial score (nSPS) is 12.2. The van der Waals surface area contributed by atoms with E-state index in [1.165, 1.54) is 7.11 Å². The number of methoxy groups -OCH3 is 1. The molecule has 0 bridgehead atoms. The van der Waals surface area contributed by atoms with Crippen LogP contribution < -0.4 is 10.1 Å². The van der Waals surface area contributed by atoms with Gasteiger partial charge in [0.25, 0.3) is 0 Å². The number of rotatable bonds is 8. The smallest absolute Gasteiger partial charge is 0.320 e. The largest absolute Gasteiger partial charge is 0.495 e. The first-order valence-electron chi connectivity index (χ1n) is 6.47. The third kappa shape index (κ3) is 4.85. The maximum Gasteiger partial charge on any atom is 0.320 e. The summed E-state index contributed by atoms with van der Waals surface area (Å²) in [5.74, 6) is -0.352. The van der Waals surface area contributed by atoms with Gasteiger partial charge in [-0.15, -0.1) is 0 Å². The van der Waals surface area contributed by atoms with Crippen molar-refractivity contribution in [3.05, 3.63) is 27.7 Å². The summed E-state index contributed by atoms with van der Waals surface area (Å²) in [6.45, 7) is 2.38. The van der Waals surface area contributed by atoms with Gasteiger partial charge in [-0.2, -0.15) is 0 Å². The first-order chi connectivity index (χ1) is 9.49. The number of carboxylic acids is 1. The van der Waals surface area contributed by atoms with Crippen LogP contribution in [0, 0.1) is 0 Å². The fourth-order valence-electron chi connectivity index (χ4n) is 1.82. The second-order valence-electron chi connectivity index (χ2n) is 4.49. The van der Waals surface area contributed by atoms with E-state index in [0.29, 0.717) is 28.8 Å². The molecule has 0 saturated heterocycles. The fraction of sp³-hybridized carbons (Fsp3) is 0.500. The Kier molecular flexibility index (Phi) is 7.13. The van der Waals surface area contributed by atoms with Crippen molar-refractivity contribution in [2.45, 2.75) is 38.8 Å². The quantitative estimate of drug-likeness (QED) is 0.766. The van der Waals surface area contributed by atoms with Crippen LogP contribution >= 0.6 is 23.2 Å². The number of carboxylic acid groups (broad SMARTS) is 1. The average Bonchev–Trinajstić information content (AvgIpc) is 2.41. The van der Waals surface area contributed by atoms with Crippen molar-refractivity contribution in [3.63, 3.8) is 0 Å². The lowest BCUT2D eigenvalue weighted by Crippen LogP contribution is -2.36. The van der Waals surface area contributed by atoms with E-state index >= 15 is 0 Å². The van der Waals surface area contributed by atoms with Crippen molar-refractivity contribution < 1.29 is 14.6 Å². The van der Waals surface area contributed by atoms with Crippen LogP contribution in [0.3, 0.4) is 0 Å². The van der Waals surface area contributed by atoms with Crippen molar-refractivity contribution in [2.75, 3.05) is 7.11 Å². The summed E-state index contributed by atoms with van der Waals surface area (Å²) in [6.07, 6.45) is 2.41. The van der Waals surface area contributed by atoms with Gasteiger partial charge in [-0.1, -0.05) is 43.0 Å². The Bertz CT molecular complexity index is 466. The van der Waals surface area contributed by atoms with Crippen LogP contribution in [0.25, 0.3) is 0 Å². The first kappa shape index (κ1) is 17.1. The molecule has 4 nitrogen and oxygen atoms in total. The monoisotopic (exact) mass is 319 g/mol. The lowest BCUT2D eigenvalue weighted by molar-refractivity contribution is -0.139. The predicted molar refractivity (Wildman–Crippen MR) is 80.8 cm³/mol. The van der Waals surface area contributed by atoms with Crippen LogP contribution in [0.2, 0.25) is 10.0 Å². The van der Waals surface area contributed by atoms with E-state index in [1.54, 1.807) is 12.1 Å². The Morgan fingerprint density at radius 2 is 2.10 bits per heavy atom. The van der Waals surface area contributed by atoms with Crippen LogP contribution in [0.5, 0.6) is 5.75 Å². The summed E-state index contributed by atoms with van der Waals surface area (Å²) in [4.78, 5) is 11.1. The number of carbonyl (C=O) groups is 1. The Morgan fingerprint density at radius 1 is 1.40 bits per heavy atom. The number of unbranched alkanes of at least 4 members (excludes halogenated alkanes) is 1. The van der Waals surface area contributed by atoms with Crippen molar-refractivity contribution in [1.82, 2.24) is 5.32 Å². The highest BCUT2D eigenvalue weighted by atomic mass is 35.5. The average molecular weight is 320 g/mol. The molecule has 2 N–H and O–H groups in total. The molecule has 0 saturated carbocycles. The van der Waals surface area contributed by atoms with Gasteiger partial charge in [-0.05, 0) is 18.1 Å². The van der Waals surface area contributed by atoms with Gasteiger partial charge in [-0.25, -0.2) is 0 Å². The van der Waals surface area contributed by atoms with Crippen molar-refractivity contribution in [1.29, 1.82) is 0 Å². The van der Waals surface area contributed by atoms with E-state index in [1.807, 2.05) is 6.92 Å². The van der Waals surface area contributed by atoms with Gasteiger partial charge >= 0.3 is 5.97 Å². The molecule has 0 aromatic heterocycles. The van der Waals surface area contributed by atoms with Crippen LogP contribution in [-0.2, 0) is 11.3 Å². The number of nitrogens with one attached hydrogen (secondary N) is 1. The number of hydrogen-bond donors (Lipinski definition) is 2. The molecule has 0 amide bonds. The lowest BCUT2D eigenvalue weighted by Gasteiger charge is -2.15. The maximum absolute atomic E-state index is 11.1. The van der Waals surface area contributed by atoms with Gasteiger partial charge in [0.2, 0.25) is 0 Å². The molecular formula is C14H19Cl2NO3. The molecule has 1 unspecified atom stereocenters. The van der Waals surface area contributed by atoms with E-state index in [-0.39, 0.29) is 0 Å². The first-order valence-corrected chi connectivity index (χ1v) is 7.23. The molecule has 0 fully saturated rings. The summed E-state index contributed by atoms with van der Waals surface area (Å²) < 4.78 is 5.07. The molecule has 0 spiro atoms. The molecular weight excluding hydrogens is 301 g/mol. The minimum absolute atomic E-state index is 0.350. The van der Waals surface area contributed by atoms with Gasteiger partial charge in [-0.3, -0.25) is 4.79 Å². The molecule has 1 aromatic rings. The second-order valence-corrected chi connectivity index (χ2v) is 5.31. The second kappa shape index (κ2) is 8.35. The summed E-state index contributed by atoms with van der Waals surface area (Å²) >= 11 is 12.2. The van der Waals surface area contributed by atoms with Gasteiger partial charge in [0.1, 0.15) is 11.8 Å². The van der Waals surface area contributed by atoms with E-state index in [9.17, 15) is 4.79 Å². The number of aliphatic carboxylic acids is 1. The topological polar surface area (TPSA) is 58.6 Å². The summed E-state index contributed by atoms with van der Waals surface area (Å²) in [6, 6.07) is 2.74. The van der Waals surface area contributed by atoms with Gasteiger partial charge in [0, 0.05) is 17.6 Å². The van der Waals surface area contributed by atoms with E-state index < -0.39 is 12.0 Å². The van der Waals surface area contributed by atoms with Gasteiger partial charge in [0.05, 0.1) is 12.1 Å². The van der Waals surface area contributed by atoms with Crippen LogP contribution in [0.4, 0.5) is 0 Å². The molecule has 0 aliphatic rings. The molecule has 112 valence electrons. The van der Waals surface area contributed by atoms with E-state index in [4.69, 9.17) is 33.0 Å². The minimum Gasteiger partial charge on any atom is -0.495 e. The Hall–Kier alpha value is -0.970. The van der Waals surface area contributed by atoms with Gasteiger partial charge < -0.3 is 15.2 Å². The Balaban J connectivity index is 2.72.